The number of likely N-dealkylation sites (N-methyl/N-ethyl adjacent to an activating group) is 1. The van der Waals surface area contributed by atoms with Gasteiger partial charge >= 0.3 is 0 Å². The Bertz CT molecular complexity index is 120. The monoisotopic (exact) mass is 126 g/mol. The second-order valence-electron chi connectivity index (χ2n) is 2.77. The first kappa shape index (κ1) is 6.75. The predicted octanol–water partition coefficient (Wildman–Crippen LogP) is 0.780. The maximum absolute atomic E-state index is 4.22. The molecule has 2 heteroatoms. The summed E-state index contributed by atoms with van der Waals surface area (Å²) < 4.78 is 0. The van der Waals surface area contributed by atoms with Gasteiger partial charge < -0.3 is 0 Å². The molecule has 2 unspecified atom stereocenters. The molecule has 0 fully saturated rings. The molecule has 1 aliphatic heterocycles. The Labute approximate surface area is 56.6 Å². The molecule has 1 rings (SSSR count). The van der Waals surface area contributed by atoms with Crippen molar-refractivity contribution in [1.29, 1.82) is 0 Å². The van der Waals surface area contributed by atoms with Crippen LogP contribution in [0.1, 0.15) is 13.8 Å². The van der Waals surface area contributed by atoms with Gasteiger partial charge in [0.2, 0.25) is 0 Å². The van der Waals surface area contributed by atoms with Crippen LogP contribution in [0, 0.1) is 0 Å². The maximum atomic E-state index is 4.22. The molecule has 2 nitrogen and oxygen atoms in total. The minimum atomic E-state index is 0.522. The van der Waals surface area contributed by atoms with Crippen LogP contribution < -0.4 is 0 Å². The molecule has 0 spiro atoms. The fourth-order valence-electron chi connectivity index (χ4n) is 1.00. The van der Waals surface area contributed by atoms with Crippen molar-refractivity contribution in [2.24, 2.45) is 4.99 Å². The van der Waals surface area contributed by atoms with E-state index >= 15 is 0 Å². The summed E-state index contributed by atoms with van der Waals surface area (Å²) in [5, 5.41) is 0. The molecule has 0 aromatic carbocycles. The van der Waals surface area contributed by atoms with Gasteiger partial charge in [-0.25, -0.2) is 0 Å². The largest absolute Gasteiger partial charge is 0.294 e. The van der Waals surface area contributed by atoms with Crippen LogP contribution in [0.15, 0.2) is 4.99 Å². The summed E-state index contributed by atoms with van der Waals surface area (Å²) in [6.45, 7) is 5.33. The Balaban J connectivity index is 2.58. The van der Waals surface area contributed by atoms with Crippen LogP contribution in [0.2, 0.25) is 0 Å². The second-order valence-corrected chi connectivity index (χ2v) is 2.77. The highest BCUT2D eigenvalue weighted by atomic mass is 15.2. The van der Waals surface area contributed by atoms with Gasteiger partial charge in [0, 0.05) is 18.3 Å². The Hall–Kier alpha value is -0.370. The van der Waals surface area contributed by atoms with Crippen molar-refractivity contribution >= 4 is 6.21 Å². The van der Waals surface area contributed by atoms with E-state index in [-0.39, 0.29) is 0 Å². The van der Waals surface area contributed by atoms with Crippen LogP contribution in [0.3, 0.4) is 0 Å². The summed E-state index contributed by atoms with van der Waals surface area (Å²) in [6, 6.07) is 1.14. The molecular formula is C7H14N2. The molecule has 0 amide bonds. The first-order chi connectivity index (χ1) is 4.22. The van der Waals surface area contributed by atoms with Gasteiger partial charge in [-0.3, -0.25) is 9.89 Å². The van der Waals surface area contributed by atoms with E-state index < -0.39 is 0 Å². The molecule has 0 aromatic heterocycles. The molecule has 0 bridgehead atoms. The van der Waals surface area contributed by atoms with Crippen molar-refractivity contribution in [3.05, 3.63) is 0 Å². The highest BCUT2D eigenvalue weighted by molar-refractivity contribution is 5.64. The molecule has 1 heterocycles. The Morgan fingerprint density at radius 2 is 2.22 bits per heavy atom. The average molecular weight is 126 g/mol. The summed E-state index contributed by atoms with van der Waals surface area (Å²) in [4.78, 5) is 6.55. The van der Waals surface area contributed by atoms with Crippen molar-refractivity contribution in [2.45, 2.75) is 25.9 Å². The molecule has 0 aromatic rings. The van der Waals surface area contributed by atoms with Gasteiger partial charge in [0.05, 0.1) is 6.54 Å². The molecule has 0 saturated carbocycles. The van der Waals surface area contributed by atoms with Gasteiger partial charge in [-0.1, -0.05) is 0 Å². The molecular weight excluding hydrogens is 112 g/mol. The second kappa shape index (κ2) is 2.48. The zero-order valence-corrected chi connectivity index (χ0v) is 6.33. The average Bonchev–Trinajstić information content (AvgIpc) is 1.83. The van der Waals surface area contributed by atoms with Gasteiger partial charge in [-0.15, -0.1) is 0 Å². The van der Waals surface area contributed by atoms with Crippen molar-refractivity contribution in [3.63, 3.8) is 0 Å². The third-order valence-corrected chi connectivity index (χ3v) is 2.03. The van der Waals surface area contributed by atoms with Crippen molar-refractivity contribution < 1.29 is 0 Å². The SMILES string of the molecule is CC1C=NCC(C)N1C. The third-order valence-electron chi connectivity index (χ3n) is 2.03. The number of nitrogens with zero attached hydrogens (tertiary/aromatic N) is 2. The topological polar surface area (TPSA) is 15.6 Å². The zero-order chi connectivity index (χ0) is 6.85. The highest BCUT2D eigenvalue weighted by Gasteiger charge is 2.16. The molecule has 0 aliphatic carbocycles. The highest BCUT2D eigenvalue weighted by Crippen LogP contribution is 2.05. The van der Waals surface area contributed by atoms with E-state index in [1.54, 1.807) is 0 Å². The van der Waals surface area contributed by atoms with E-state index in [2.05, 4.69) is 30.8 Å². The maximum Gasteiger partial charge on any atom is 0.0539 e. The number of aliphatic imine (C=N–C) groups is 1. The number of hydrogen-bond acceptors (Lipinski definition) is 2. The first-order valence-electron chi connectivity index (χ1n) is 3.43. The minimum absolute atomic E-state index is 0.522. The fraction of sp³-hybridized carbons (Fsp3) is 0.857. The quantitative estimate of drug-likeness (QED) is 0.468. The van der Waals surface area contributed by atoms with E-state index in [4.69, 9.17) is 0 Å². The lowest BCUT2D eigenvalue weighted by Crippen LogP contribution is -2.42. The van der Waals surface area contributed by atoms with E-state index in [1.165, 1.54) is 0 Å². The van der Waals surface area contributed by atoms with Crippen LogP contribution in [-0.2, 0) is 0 Å². The first-order valence-corrected chi connectivity index (χ1v) is 3.43. The Kier molecular flexibility index (Phi) is 1.86. The number of rotatable bonds is 0. The molecule has 0 N–H and O–H groups in total. The fourth-order valence-corrected chi connectivity index (χ4v) is 1.00. The van der Waals surface area contributed by atoms with Crippen molar-refractivity contribution in [1.82, 2.24) is 4.90 Å². The summed E-state index contributed by atoms with van der Waals surface area (Å²) >= 11 is 0. The minimum Gasteiger partial charge on any atom is -0.294 e. The van der Waals surface area contributed by atoms with Crippen molar-refractivity contribution in [2.75, 3.05) is 13.6 Å². The van der Waals surface area contributed by atoms with Gasteiger partial charge in [-0.05, 0) is 20.9 Å². The summed E-state index contributed by atoms with van der Waals surface area (Å²) in [6.07, 6.45) is 2.01. The van der Waals surface area contributed by atoms with Crippen LogP contribution in [-0.4, -0.2) is 36.8 Å². The van der Waals surface area contributed by atoms with Gasteiger partial charge in [0.25, 0.3) is 0 Å². The van der Waals surface area contributed by atoms with Crippen LogP contribution in [0.25, 0.3) is 0 Å². The molecule has 9 heavy (non-hydrogen) atoms. The van der Waals surface area contributed by atoms with Gasteiger partial charge in [0.1, 0.15) is 0 Å². The lowest BCUT2D eigenvalue weighted by atomic mass is 10.2. The van der Waals surface area contributed by atoms with Crippen molar-refractivity contribution in [3.8, 4) is 0 Å². The number of hydrogen-bond donors (Lipinski definition) is 0. The van der Waals surface area contributed by atoms with E-state index in [1.807, 2.05) is 6.21 Å². The summed E-state index contributed by atoms with van der Waals surface area (Å²) in [5.41, 5.74) is 0. The lowest BCUT2D eigenvalue weighted by Gasteiger charge is -2.30. The van der Waals surface area contributed by atoms with E-state index in [0.29, 0.717) is 12.1 Å². The summed E-state index contributed by atoms with van der Waals surface area (Å²) in [5.74, 6) is 0. The van der Waals surface area contributed by atoms with Gasteiger partial charge in [-0.2, -0.15) is 0 Å². The zero-order valence-electron chi connectivity index (χ0n) is 6.33. The molecule has 0 radical (unpaired) electrons. The van der Waals surface area contributed by atoms with Crippen LogP contribution >= 0.6 is 0 Å². The van der Waals surface area contributed by atoms with Gasteiger partial charge in [0.15, 0.2) is 0 Å². The molecule has 2 atom stereocenters. The van der Waals surface area contributed by atoms with Crippen LogP contribution in [0.4, 0.5) is 0 Å². The lowest BCUT2D eigenvalue weighted by molar-refractivity contribution is 0.235. The predicted molar refractivity (Wildman–Crippen MR) is 40.0 cm³/mol. The summed E-state index contributed by atoms with van der Waals surface area (Å²) in [7, 11) is 2.14. The standard InChI is InChI=1S/C7H14N2/c1-6-4-8-5-7(2)9(6)3/h4,6-7H,5H2,1-3H3. The molecule has 0 saturated heterocycles. The Morgan fingerprint density at radius 1 is 1.56 bits per heavy atom. The van der Waals surface area contributed by atoms with E-state index in [0.717, 1.165) is 6.54 Å². The van der Waals surface area contributed by atoms with Crippen LogP contribution in [0.5, 0.6) is 0 Å². The Morgan fingerprint density at radius 3 is 2.67 bits per heavy atom. The molecule has 52 valence electrons. The van der Waals surface area contributed by atoms with E-state index in [9.17, 15) is 0 Å². The molecule has 1 aliphatic rings. The normalized spacial score (nSPS) is 37.2. The smallest absolute Gasteiger partial charge is 0.0539 e. The third kappa shape index (κ3) is 1.30.